The molecule has 1 atom stereocenters. The van der Waals surface area contributed by atoms with E-state index in [2.05, 4.69) is 34.1 Å². The van der Waals surface area contributed by atoms with E-state index >= 15 is 0 Å². The average molecular weight is 363 g/mol. The van der Waals surface area contributed by atoms with Crippen molar-refractivity contribution in [1.82, 2.24) is 24.9 Å². The number of morpholine rings is 1. The number of likely N-dealkylation sites (tertiary alicyclic amines) is 1. The fourth-order valence-electron chi connectivity index (χ4n) is 3.66. The zero-order valence-corrected chi connectivity index (χ0v) is 16.5. The highest BCUT2D eigenvalue weighted by molar-refractivity contribution is 5.80. The van der Waals surface area contributed by atoms with Crippen LogP contribution in [0.2, 0.25) is 0 Å². The Bertz CT molecular complexity index is 578. The zero-order valence-electron chi connectivity index (χ0n) is 16.5. The molecule has 0 bridgehead atoms. The molecular formula is C19H34N6O. The van der Waals surface area contributed by atoms with Gasteiger partial charge in [0.25, 0.3) is 0 Å². The Balaban J connectivity index is 1.55. The van der Waals surface area contributed by atoms with Gasteiger partial charge in [-0.15, -0.1) is 0 Å². The second-order valence-electron chi connectivity index (χ2n) is 7.51. The molecule has 2 saturated heterocycles. The van der Waals surface area contributed by atoms with Gasteiger partial charge >= 0.3 is 0 Å². The predicted octanol–water partition coefficient (Wildman–Crippen LogP) is 1.49. The maximum Gasteiger partial charge on any atom is 0.194 e. The molecule has 1 aromatic heterocycles. The van der Waals surface area contributed by atoms with Crippen molar-refractivity contribution in [2.45, 2.75) is 32.8 Å². The maximum atomic E-state index is 5.96. The fourth-order valence-corrected chi connectivity index (χ4v) is 3.66. The molecule has 1 aromatic rings. The topological polar surface area (TPSA) is 57.9 Å². The summed E-state index contributed by atoms with van der Waals surface area (Å²) in [7, 11) is 1.94. The summed E-state index contributed by atoms with van der Waals surface area (Å²) in [5, 5.41) is 7.73. The van der Waals surface area contributed by atoms with Gasteiger partial charge in [0.1, 0.15) is 6.10 Å². The number of hydrogen-bond acceptors (Lipinski definition) is 4. The van der Waals surface area contributed by atoms with Gasteiger partial charge in [0.15, 0.2) is 5.96 Å². The Morgan fingerprint density at radius 1 is 1.35 bits per heavy atom. The summed E-state index contributed by atoms with van der Waals surface area (Å²) in [5.74, 6) is 1.89. The minimum atomic E-state index is 0.0601. The van der Waals surface area contributed by atoms with E-state index in [4.69, 9.17) is 9.73 Å². The van der Waals surface area contributed by atoms with Crippen LogP contribution in [0.1, 0.15) is 38.4 Å². The van der Waals surface area contributed by atoms with E-state index in [1.807, 2.05) is 24.1 Å². The van der Waals surface area contributed by atoms with Crippen LogP contribution in [0.25, 0.3) is 0 Å². The van der Waals surface area contributed by atoms with Crippen LogP contribution in [-0.4, -0.2) is 78.0 Å². The summed E-state index contributed by atoms with van der Waals surface area (Å²) < 4.78 is 7.79. The van der Waals surface area contributed by atoms with Crippen molar-refractivity contribution < 1.29 is 4.74 Å². The Labute approximate surface area is 157 Å². The molecule has 26 heavy (non-hydrogen) atoms. The van der Waals surface area contributed by atoms with Crippen molar-refractivity contribution in [3.8, 4) is 0 Å². The average Bonchev–Trinajstić information content (AvgIpc) is 3.09. The first-order valence-electron chi connectivity index (χ1n) is 10.0. The summed E-state index contributed by atoms with van der Waals surface area (Å²) in [6.45, 7) is 12.1. The molecule has 0 aromatic carbocycles. The Morgan fingerprint density at radius 3 is 2.85 bits per heavy atom. The summed E-state index contributed by atoms with van der Waals surface area (Å²) in [4.78, 5) is 9.77. The van der Waals surface area contributed by atoms with E-state index in [1.165, 1.54) is 25.9 Å². The molecule has 0 spiro atoms. The molecule has 0 saturated carbocycles. The molecule has 146 valence electrons. The van der Waals surface area contributed by atoms with Gasteiger partial charge in [-0.05, 0) is 38.8 Å². The summed E-state index contributed by atoms with van der Waals surface area (Å²) in [5.41, 5.74) is 1.13. The summed E-state index contributed by atoms with van der Waals surface area (Å²) in [6, 6.07) is 0. The third-order valence-corrected chi connectivity index (χ3v) is 5.35. The molecule has 3 rings (SSSR count). The highest BCUT2D eigenvalue weighted by atomic mass is 16.5. The van der Waals surface area contributed by atoms with Crippen LogP contribution in [0.15, 0.2) is 17.4 Å². The van der Waals surface area contributed by atoms with E-state index < -0.39 is 0 Å². The van der Waals surface area contributed by atoms with Crippen LogP contribution in [0.5, 0.6) is 0 Å². The first-order valence-corrected chi connectivity index (χ1v) is 10.0. The smallest absolute Gasteiger partial charge is 0.194 e. The second kappa shape index (κ2) is 9.37. The number of ether oxygens (including phenoxy) is 1. The van der Waals surface area contributed by atoms with Crippen LogP contribution in [0.4, 0.5) is 0 Å². The molecule has 7 nitrogen and oxygen atoms in total. The lowest BCUT2D eigenvalue weighted by Gasteiger charge is -2.35. The Kier molecular flexibility index (Phi) is 6.91. The quantitative estimate of drug-likeness (QED) is 0.635. The van der Waals surface area contributed by atoms with Crippen molar-refractivity contribution in [2.24, 2.45) is 18.0 Å². The zero-order chi connectivity index (χ0) is 18.4. The number of nitrogens with one attached hydrogen (secondary N) is 1. The predicted molar refractivity (Wildman–Crippen MR) is 104 cm³/mol. The fraction of sp³-hybridized carbons (Fsp3) is 0.789. The van der Waals surface area contributed by atoms with E-state index in [1.54, 1.807) is 0 Å². The molecular weight excluding hydrogens is 328 g/mol. The van der Waals surface area contributed by atoms with Crippen molar-refractivity contribution in [2.75, 3.05) is 52.4 Å². The molecule has 1 N–H and O–H groups in total. The van der Waals surface area contributed by atoms with Gasteiger partial charge in [0.2, 0.25) is 0 Å². The van der Waals surface area contributed by atoms with Gasteiger partial charge in [-0.1, -0.05) is 6.92 Å². The first kappa shape index (κ1) is 19.2. The molecule has 7 heteroatoms. The molecule has 0 radical (unpaired) electrons. The van der Waals surface area contributed by atoms with E-state index in [0.717, 1.165) is 50.2 Å². The van der Waals surface area contributed by atoms with Gasteiger partial charge in [-0.2, -0.15) is 5.10 Å². The molecule has 0 aliphatic carbocycles. The van der Waals surface area contributed by atoms with Crippen molar-refractivity contribution in [1.29, 1.82) is 0 Å². The highest BCUT2D eigenvalue weighted by Crippen LogP contribution is 2.21. The molecule has 1 unspecified atom stereocenters. The largest absolute Gasteiger partial charge is 0.370 e. The van der Waals surface area contributed by atoms with Crippen molar-refractivity contribution in [3.05, 3.63) is 18.0 Å². The Hall–Kier alpha value is -1.60. The highest BCUT2D eigenvalue weighted by Gasteiger charge is 2.25. The van der Waals surface area contributed by atoms with Crippen LogP contribution >= 0.6 is 0 Å². The number of guanidine groups is 1. The minimum Gasteiger partial charge on any atom is -0.370 e. The molecule has 2 aliphatic heterocycles. The number of hydrogen-bond donors (Lipinski definition) is 1. The van der Waals surface area contributed by atoms with Gasteiger partial charge in [0, 0.05) is 38.4 Å². The third-order valence-electron chi connectivity index (χ3n) is 5.35. The number of aromatic nitrogens is 2. The van der Waals surface area contributed by atoms with Crippen molar-refractivity contribution >= 4 is 5.96 Å². The lowest BCUT2D eigenvalue weighted by Crippen LogP contribution is -2.48. The second-order valence-corrected chi connectivity index (χ2v) is 7.51. The maximum absolute atomic E-state index is 5.96. The lowest BCUT2D eigenvalue weighted by molar-refractivity contribution is -0.00805. The van der Waals surface area contributed by atoms with E-state index in [9.17, 15) is 0 Å². The van der Waals surface area contributed by atoms with Gasteiger partial charge < -0.3 is 19.9 Å². The van der Waals surface area contributed by atoms with Crippen molar-refractivity contribution in [3.63, 3.8) is 0 Å². The van der Waals surface area contributed by atoms with Crippen LogP contribution < -0.4 is 5.32 Å². The van der Waals surface area contributed by atoms with Crippen LogP contribution in [-0.2, 0) is 11.8 Å². The standard InChI is InChI=1S/C19H34N6O/c1-4-20-19(21-7-10-24-8-5-16(2)6-9-24)25-11-12-26-18(15-25)17-13-22-23(3)14-17/h13-14,16,18H,4-12,15H2,1-3H3,(H,20,21). The van der Waals surface area contributed by atoms with Gasteiger partial charge in [-0.25, -0.2) is 0 Å². The number of aliphatic imine (C=N–C) groups is 1. The molecule has 3 heterocycles. The lowest BCUT2D eigenvalue weighted by atomic mass is 9.99. The summed E-state index contributed by atoms with van der Waals surface area (Å²) >= 11 is 0. The van der Waals surface area contributed by atoms with E-state index in [0.29, 0.717) is 6.61 Å². The first-order chi connectivity index (χ1) is 12.7. The Morgan fingerprint density at radius 2 is 2.15 bits per heavy atom. The SMILES string of the molecule is CCNC(=NCCN1CCC(C)CC1)N1CCOC(c2cnn(C)c2)C1. The van der Waals surface area contributed by atoms with Crippen LogP contribution in [0.3, 0.4) is 0 Å². The molecule has 2 aliphatic rings. The molecule has 2 fully saturated rings. The van der Waals surface area contributed by atoms with Gasteiger partial charge in [0.05, 0.1) is 25.9 Å². The van der Waals surface area contributed by atoms with E-state index in [-0.39, 0.29) is 6.10 Å². The minimum absolute atomic E-state index is 0.0601. The number of aryl methyl sites for hydroxylation is 1. The number of nitrogens with zero attached hydrogens (tertiary/aromatic N) is 5. The summed E-state index contributed by atoms with van der Waals surface area (Å²) in [6.07, 6.45) is 6.63. The van der Waals surface area contributed by atoms with Crippen LogP contribution in [0, 0.1) is 5.92 Å². The number of rotatable bonds is 5. The monoisotopic (exact) mass is 362 g/mol. The number of piperidine rings is 1. The van der Waals surface area contributed by atoms with Gasteiger partial charge in [-0.3, -0.25) is 9.67 Å². The third kappa shape index (κ3) is 5.20. The molecule has 0 amide bonds. The normalized spacial score (nSPS) is 23.4.